The van der Waals surface area contributed by atoms with Gasteiger partial charge in [0.15, 0.2) is 0 Å². The normalized spacial score (nSPS) is 10.1. The molecule has 4 heteroatoms. The first-order valence-corrected chi connectivity index (χ1v) is 6.82. The standard InChI is InChI=1S/C16H19N3O/c1-2-17-15-14(9-6-11-18-15)16(20)19-12-10-13-7-4-3-5-8-13/h3-9,11H,2,10,12H2,1H3,(H,17,18)(H,19,20). The molecule has 0 aliphatic carbocycles. The summed E-state index contributed by atoms with van der Waals surface area (Å²) in [5.41, 5.74) is 1.80. The van der Waals surface area contributed by atoms with Crippen LogP contribution >= 0.6 is 0 Å². The maximum Gasteiger partial charge on any atom is 0.255 e. The molecule has 2 rings (SSSR count). The minimum atomic E-state index is -0.0926. The highest BCUT2D eigenvalue weighted by Crippen LogP contribution is 2.10. The van der Waals surface area contributed by atoms with Crippen LogP contribution in [0, 0.1) is 0 Å². The zero-order valence-corrected chi connectivity index (χ0v) is 11.6. The number of benzene rings is 1. The summed E-state index contributed by atoms with van der Waals surface area (Å²) in [6.07, 6.45) is 2.50. The van der Waals surface area contributed by atoms with Gasteiger partial charge in [-0.25, -0.2) is 4.98 Å². The molecule has 0 unspecified atom stereocenters. The summed E-state index contributed by atoms with van der Waals surface area (Å²) in [6.45, 7) is 3.33. The molecule has 1 aromatic heterocycles. The van der Waals surface area contributed by atoms with Crippen molar-refractivity contribution in [2.45, 2.75) is 13.3 Å². The highest BCUT2D eigenvalue weighted by Gasteiger charge is 2.10. The lowest BCUT2D eigenvalue weighted by atomic mass is 10.1. The van der Waals surface area contributed by atoms with Gasteiger partial charge in [0.2, 0.25) is 0 Å². The largest absolute Gasteiger partial charge is 0.370 e. The fourth-order valence-corrected chi connectivity index (χ4v) is 1.96. The van der Waals surface area contributed by atoms with Gasteiger partial charge in [-0.1, -0.05) is 30.3 Å². The molecule has 20 heavy (non-hydrogen) atoms. The number of carbonyl (C=O) groups is 1. The van der Waals surface area contributed by atoms with Crippen LogP contribution in [0.15, 0.2) is 48.7 Å². The summed E-state index contributed by atoms with van der Waals surface area (Å²) in [7, 11) is 0. The minimum absolute atomic E-state index is 0.0926. The molecular weight excluding hydrogens is 250 g/mol. The fraction of sp³-hybridized carbons (Fsp3) is 0.250. The monoisotopic (exact) mass is 269 g/mol. The van der Waals surface area contributed by atoms with E-state index in [1.54, 1.807) is 18.3 Å². The average molecular weight is 269 g/mol. The maximum atomic E-state index is 12.1. The summed E-state index contributed by atoms with van der Waals surface area (Å²) < 4.78 is 0. The third-order valence-electron chi connectivity index (χ3n) is 2.94. The third kappa shape index (κ3) is 3.82. The van der Waals surface area contributed by atoms with Gasteiger partial charge in [0.05, 0.1) is 5.56 Å². The predicted octanol–water partition coefficient (Wildman–Crippen LogP) is 2.49. The van der Waals surface area contributed by atoms with Gasteiger partial charge >= 0.3 is 0 Å². The van der Waals surface area contributed by atoms with E-state index in [9.17, 15) is 4.79 Å². The number of rotatable bonds is 6. The Morgan fingerprint density at radius 1 is 1.15 bits per heavy atom. The van der Waals surface area contributed by atoms with Gasteiger partial charge in [-0.3, -0.25) is 4.79 Å². The molecule has 0 aliphatic heterocycles. The van der Waals surface area contributed by atoms with Crippen molar-refractivity contribution >= 4 is 11.7 Å². The predicted molar refractivity (Wildman–Crippen MR) is 80.9 cm³/mol. The highest BCUT2D eigenvalue weighted by molar-refractivity contribution is 5.98. The van der Waals surface area contributed by atoms with Crippen molar-refractivity contribution in [3.05, 3.63) is 59.8 Å². The van der Waals surface area contributed by atoms with Crippen LogP contribution in [0.1, 0.15) is 22.8 Å². The topological polar surface area (TPSA) is 54.0 Å². The molecule has 0 bridgehead atoms. The SMILES string of the molecule is CCNc1ncccc1C(=O)NCCc1ccccc1. The number of aromatic nitrogens is 1. The van der Waals surface area contributed by atoms with Gasteiger partial charge in [0, 0.05) is 19.3 Å². The Bertz CT molecular complexity index is 555. The van der Waals surface area contributed by atoms with E-state index in [1.165, 1.54) is 5.56 Å². The Hall–Kier alpha value is -2.36. The number of nitrogens with one attached hydrogen (secondary N) is 2. The van der Waals surface area contributed by atoms with Gasteiger partial charge in [-0.15, -0.1) is 0 Å². The van der Waals surface area contributed by atoms with Crippen molar-refractivity contribution in [1.82, 2.24) is 10.3 Å². The van der Waals surface area contributed by atoms with Crippen molar-refractivity contribution in [2.75, 3.05) is 18.4 Å². The van der Waals surface area contributed by atoms with Crippen molar-refractivity contribution < 1.29 is 4.79 Å². The quantitative estimate of drug-likeness (QED) is 0.847. The number of hydrogen-bond acceptors (Lipinski definition) is 3. The number of pyridine rings is 1. The first kappa shape index (κ1) is 14.1. The smallest absolute Gasteiger partial charge is 0.255 e. The molecule has 0 aliphatic rings. The van der Waals surface area contributed by atoms with Crippen LogP contribution in [-0.2, 0) is 6.42 Å². The molecule has 4 nitrogen and oxygen atoms in total. The molecule has 1 heterocycles. The summed E-state index contributed by atoms with van der Waals surface area (Å²) in [5, 5.41) is 6.02. The van der Waals surface area contributed by atoms with E-state index in [4.69, 9.17) is 0 Å². The Kier molecular flexibility index (Phi) is 5.12. The average Bonchev–Trinajstić information content (AvgIpc) is 2.49. The Morgan fingerprint density at radius 2 is 1.95 bits per heavy atom. The molecule has 0 atom stereocenters. The molecule has 0 saturated heterocycles. The number of anilines is 1. The highest BCUT2D eigenvalue weighted by atomic mass is 16.1. The van der Waals surface area contributed by atoms with Crippen LogP contribution in [0.5, 0.6) is 0 Å². The van der Waals surface area contributed by atoms with E-state index < -0.39 is 0 Å². The van der Waals surface area contributed by atoms with Crippen LogP contribution in [0.3, 0.4) is 0 Å². The summed E-state index contributed by atoms with van der Waals surface area (Å²) in [6, 6.07) is 13.7. The van der Waals surface area contributed by atoms with Crippen LogP contribution < -0.4 is 10.6 Å². The number of amides is 1. The zero-order chi connectivity index (χ0) is 14.2. The minimum Gasteiger partial charge on any atom is -0.370 e. The second-order valence-corrected chi connectivity index (χ2v) is 4.42. The van der Waals surface area contributed by atoms with Crippen molar-refractivity contribution in [3.63, 3.8) is 0 Å². The molecule has 0 radical (unpaired) electrons. The van der Waals surface area contributed by atoms with Crippen molar-refractivity contribution in [3.8, 4) is 0 Å². The van der Waals surface area contributed by atoms with E-state index in [0.29, 0.717) is 17.9 Å². The first-order chi connectivity index (χ1) is 9.81. The summed E-state index contributed by atoms with van der Waals surface area (Å²) in [5.74, 6) is 0.539. The van der Waals surface area contributed by atoms with Crippen LogP contribution in [-0.4, -0.2) is 24.0 Å². The molecule has 2 aromatic rings. The molecule has 1 aromatic carbocycles. The third-order valence-corrected chi connectivity index (χ3v) is 2.94. The molecular formula is C16H19N3O. The fourth-order valence-electron chi connectivity index (χ4n) is 1.96. The molecule has 0 saturated carbocycles. The summed E-state index contributed by atoms with van der Waals surface area (Å²) in [4.78, 5) is 16.3. The molecule has 0 spiro atoms. The van der Waals surface area contributed by atoms with E-state index in [-0.39, 0.29) is 5.91 Å². The van der Waals surface area contributed by atoms with E-state index in [1.807, 2.05) is 25.1 Å². The molecule has 2 N–H and O–H groups in total. The van der Waals surface area contributed by atoms with Crippen molar-refractivity contribution in [1.29, 1.82) is 0 Å². The second kappa shape index (κ2) is 7.28. The molecule has 104 valence electrons. The van der Waals surface area contributed by atoms with Crippen LogP contribution in [0.25, 0.3) is 0 Å². The maximum absolute atomic E-state index is 12.1. The van der Waals surface area contributed by atoms with Crippen molar-refractivity contribution in [2.24, 2.45) is 0 Å². The molecule has 0 fully saturated rings. The number of hydrogen-bond donors (Lipinski definition) is 2. The lowest BCUT2D eigenvalue weighted by molar-refractivity contribution is 0.0954. The van der Waals surface area contributed by atoms with Gasteiger partial charge in [-0.05, 0) is 31.0 Å². The molecule has 1 amide bonds. The van der Waals surface area contributed by atoms with E-state index in [2.05, 4.69) is 27.8 Å². The number of nitrogens with zero attached hydrogens (tertiary/aromatic N) is 1. The van der Waals surface area contributed by atoms with Gasteiger partial charge in [-0.2, -0.15) is 0 Å². The Labute approximate surface area is 119 Å². The zero-order valence-electron chi connectivity index (χ0n) is 11.6. The second-order valence-electron chi connectivity index (χ2n) is 4.42. The number of carbonyl (C=O) groups excluding carboxylic acids is 1. The van der Waals surface area contributed by atoms with Crippen LogP contribution in [0.2, 0.25) is 0 Å². The lowest BCUT2D eigenvalue weighted by Gasteiger charge is -2.09. The first-order valence-electron chi connectivity index (χ1n) is 6.82. The van der Waals surface area contributed by atoms with E-state index in [0.717, 1.165) is 13.0 Å². The van der Waals surface area contributed by atoms with Gasteiger partial charge < -0.3 is 10.6 Å². The van der Waals surface area contributed by atoms with E-state index >= 15 is 0 Å². The lowest BCUT2D eigenvalue weighted by Crippen LogP contribution is -2.26. The summed E-state index contributed by atoms with van der Waals surface area (Å²) >= 11 is 0. The van der Waals surface area contributed by atoms with Gasteiger partial charge in [0.1, 0.15) is 5.82 Å². The van der Waals surface area contributed by atoms with Gasteiger partial charge in [0.25, 0.3) is 5.91 Å². The Balaban J connectivity index is 1.92. The van der Waals surface area contributed by atoms with Crippen LogP contribution in [0.4, 0.5) is 5.82 Å². The Morgan fingerprint density at radius 3 is 2.70 bits per heavy atom.